The van der Waals surface area contributed by atoms with Crippen LogP contribution in [-0.4, -0.2) is 37.8 Å². The van der Waals surface area contributed by atoms with Gasteiger partial charge in [0.2, 0.25) is 15.9 Å². The fourth-order valence-electron chi connectivity index (χ4n) is 4.40. The van der Waals surface area contributed by atoms with Crippen LogP contribution in [0.25, 0.3) is 0 Å². The smallest absolute Gasteiger partial charge is 0.243 e. The van der Waals surface area contributed by atoms with Crippen molar-refractivity contribution in [1.82, 2.24) is 9.62 Å². The Kier molecular flexibility index (Phi) is 7.15. The van der Waals surface area contributed by atoms with E-state index in [2.05, 4.69) is 19.2 Å². The maximum atomic E-state index is 12.7. The van der Waals surface area contributed by atoms with Gasteiger partial charge in [-0.05, 0) is 55.2 Å². The molecule has 2 fully saturated rings. The van der Waals surface area contributed by atoms with E-state index < -0.39 is 10.0 Å². The molecule has 3 rings (SSSR count). The molecule has 1 amide bonds. The topological polar surface area (TPSA) is 66.5 Å². The Hall–Kier alpha value is -1.40. The summed E-state index contributed by atoms with van der Waals surface area (Å²) >= 11 is 0. The van der Waals surface area contributed by atoms with Crippen molar-refractivity contribution in [2.24, 2.45) is 11.8 Å². The number of aryl methyl sites for hydroxylation is 1. The maximum absolute atomic E-state index is 12.7. The van der Waals surface area contributed by atoms with Gasteiger partial charge in [-0.25, -0.2) is 8.42 Å². The molecule has 1 aliphatic carbocycles. The Bertz CT molecular complexity index is 754. The molecule has 1 saturated carbocycles. The molecule has 1 saturated heterocycles. The highest BCUT2D eigenvalue weighted by Gasteiger charge is 2.28. The summed E-state index contributed by atoms with van der Waals surface area (Å²) < 4.78 is 27.0. The summed E-state index contributed by atoms with van der Waals surface area (Å²) in [5, 5.41) is 3.21. The lowest BCUT2D eigenvalue weighted by molar-refractivity contribution is -0.122. The first-order chi connectivity index (χ1) is 13.4. The molecule has 0 unspecified atom stereocenters. The normalized spacial score (nSPS) is 26.7. The van der Waals surface area contributed by atoms with E-state index in [1.54, 1.807) is 16.4 Å². The molecule has 0 aromatic heterocycles. The zero-order chi connectivity index (χ0) is 20.1. The first-order valence-electron chi connectivity index (χ1n) is 10.8. The highest BCUT2D eigenvalue weighted by Crippen LogP contribution is 2.29. The second-order valence-electron chi connectivity index (χ2n) is 8.55. The summed E-state index contributed by atoms with van der Waals surface area (Å²) in [6.07, 6.45) is 7.55. The third kappa shape index (κ3) is 5.15. The number of amides is 1. The Balaban J connectivity index is 1.52. The van der Waals surface area contributed by atoms with Crippen LogP contribution >= 0.6 is 0 Å². The van der Waals surface area contributed by atoms with Gasteiger partial charge in [-0.3, -0.25) is 4.79 Å². The number of hydrogen-bond donors (Lipinski definition) is 1. The highest BCUT2D eigenvalue weighted by atomic mass is 32.2. The molecule has 156 valence electrons. The van der Waals surface area contributed by atoms with Crippen LogP contribution in [0.4, 0.5) is 0 Å². The SMILES string of the molecule is C[C@@H]1[C@H](C)CCC[C@H]1NC(=O)CCc1ccc(S(=O)(=O)N2CCCCC2)cc1. The van der Waals surface area contributed by atoms with Crippen LogP contribution in [-0.2, 0) is 21.2 Å². The summed E-state index contributed by atoms with van der Waals surface area (Å²) in [6, 6.07) is 7.34. The van der Waals surface area contributed by atoms with Crippen LogP contribution in [0, 0.1) is 11.8 Å². The van der Waals surface area contributed by atoms with Crippen molar-refractivity contribution in [2.45, 2.75) is 76.2 Å². The minimum Gasteiger partial charge on any atom is -0.353 e. The number of sulfonamides is 1. The van der Waals surface area contributed by atoms with E-state index in [9.17, 15) is 13.2 Å². The Morgan fingerprint density at radius 2 is 1.71 bits per heavy atom. The minimum absolute atomic E-state index is 0.0935. The molecule has 1 aromatic carbocycles. The number of nitrogens with zero attached hydrogens (tertiary/aromatic N) is 1. The molecule has 1 N–H and O–H groups in total. The molecule has 2 aliphatic rings. The zero-order valence-electron chi connectivity index (χ0n) is 17.2. The molecular weight excluding hydrogens is 372 g/mol. The van der Waals surface area contributed by atoms with Crippen LogP contribution in [0.5, 0.6) is 0 Å². The first kappa shape index (κ1) is 21.3. The van der Waals surface area contributed by atoms with Gasteiger partial charge >= 0.3 is 0 Å². The molecule has 1 aliphatic heterocycles. The van der Waals surface area contributed by atoms with Crippen LogP contribution in [0.3, 0.4) is 0 Å². The predicted molar refractivity (Wildman–Crippen MR) is 111 cm³/mol. The fourth-order valence-corrected chi connectivity index (χ4v) is 5.92. The van der Waals surface area contributed by atoms with Gasteiger partial charge in [0.15, 0.2) is 0 Å². The Morgan fingerprint density at radius 3 is 2.39 bits per heavy atom. The number of rotatable bonds is 6. The van der Waals surface area contributed by atoms with Gasteiger partial charge in [-0.2, -0.15) is 4.31 Å². The zero-order valence-corrected chi connectivity index (χ0v) is 18.0. The van der Waals surface area contributed by atoms with Crippen molar-refractivity contribution < 1.29 is 13.2 Å². The van der Waals surface area contributed by atoms with E-state index in [1.165, 1.54) is 12.8 Å². The van der Waals surface area contributed by atoms with Gasteiger partial charge in [0.05, 0.1) is 4.90 Å². The van der Waals surface area contributed by atoms with E-state index in [4.69, 9.17) is 0 Å². The third-order valence-corrected chi connectivity index (χ3v) is 8.48. The largest absolute Gasteiger partial charge is 0.353 e. The van der Waals surface area contributed by atoms with Gasteiger partial charge in [-0.15, -0.1) is 0 Å². The first-order valence-corrected chi connectivity index (χ1v) is 12.2. The van der Waals surface area contributed by atoms with Crippen molar-refractivity contribution in [2.75, 3.05) is 13.1 Å². The second kappa shape index (κ2) is 9.40. The lowest BCUT2D eigenvalue weighted by Gasteiger charge is -2.34. The van der Waals surface area contributed by atoms with Gasteiger partial charge in [0.25, 0.3) is 0 Å². The van der Waals surface area contributed by atoms with Gasteiger partial charge in [0.1, 0.15) is 0 Å². The number of hydrogen-bond acceptors (Lipinski definition) is 3. The maximum Gasteiger partial charge on any atom is 0.243 e. The average Bonchev–Trinajstić information content (AvgIpc) is 2.71. The highest BCUT2D eigenvalue weighted by molar-refractivity contribution is 7.89. The lowest BCUT2D eigenvalue weighted by atomic mass is 9.78. The summed E-state index contributed by atoms with van der Waals surface area (Å²) in [6.45, 7) is 5.73. The summed E-state index contributed by atoms with van der Waals surface area (Å²) in [5.41, 5.74) is 0.998. The van der Waals surface area contributed by atoms with Crippen molar-refractivity contribution in [3.05, 3.63) is 29.8 Å². The number of carbonyl (C=O) groups excluding carboxylic acids is 1. The second-order valence-corrected chi connectivity index (χ2v) is 10.5. The van der Waals surface area contributed by atoms with Crippen LogP contribution in [0.1, 0.15) is 64.4 Å². The number of nitrogens with one attached hydrogen (secondary N) is 1. The summed E-state index contributed by atoms with van der Waals surface area (Å²) in [4.78, 5) is 12.7. The Morgan fingerprint density at radius 1 is 1.04 bits per heavy atom. The molecule has 0 bridgehead atoms. The van der Waals surface area contributed by atoms with Gasteiger partial charge in [-0.1, -0.05) is 45.2 Å². The molecule has 1 heterocycles. The van der Waals surface area contributed by atoms with E-state index in [0.717, 1.165) is 31.2 Å². The molecule has 28 heavy (non-hydrogen) atoms. The molecule has 0 spiro atoms. The molecule has 3 atom stereocenters. The van der Waals surface area contributed by atoms with Gasteiger partial charge < -0.3 is 5.32 Å². The van der Waals surface area contributed by atoms with Gasteiger partial charge in [0, 0.05) is 25.6 Å². The van der Waals surface area contributed by atoms with Crippen molar-refractivity contribution >= 4 is 15.9 Å². The molecule has 0 radical (unpaired) electrons. The molecule has 6 heteroatoms. The van der Waals surface area contributed by atoms with Crippen LogP contribution in [0.2, 0.25) is 0 Å². The number of carbonyl (C=O) groups is 1. The van der Waals surface area contributed by atoms with Crippen LogP contribution < -0.4 is 5.32 Å². The van der Waals surface area contributed by atoms with E-state index in [0.29, 0.717) is 42.7 Å². The standard InChI is InChI=1S/C22H34N2O3S/c1-17-7-6-8-21(18(17)2)23-22(25)14-11-19-9-12-20(13-10-19)28(26,27)24-15-4-3-5-16-24/h9-10,12-13,17-18,21H,3-8,11,14-16H2,1-2H3,(H,23,25)/t17-,18-,21-/m1/s1. The predicted octanol–water partition coefficient (Wildman–Crippen LogP) is 3.73. The van der Waals surface area contributed by atoms with E-state index in [1.807, 2.05) is 12.1 Å². The number of benzene rings is 1. The lowest BCUT2D eigenvalue weighted by Crippen LogP contribution is -2.43. The quantitative estimate of drug-likeness (QED) is 0.783. The number of piperidine rings is 1. The molecule has 1 aromatic rings. The average molecular weight is 407 g/mol. The Labute approximate surface area is 169 Å². The fraction of sp³-hybridized carbons (Fsp3) is 0.682. The summed E-state index contributed by atoms with van der Waals surface area (Å²) in [7, 11) is -3.39. The molecular formula is C22H34N2O3S. The van der Waals surface area contributed by atoms with Crippen LogP contribution in [0.15, 0.2) is 29.2 Å². The minimum atomic E-state index is -3.39. The van der Waals surface area contributed by atoms with E-state index in [-0.39, 0.29) is 11.9 Å². The third-order valence-electron chi connectivity index (χ3n) is 6.57. The van der Waals surface area contributed by atoms with Crippen molar-refractivity contribution in [3.8, 4) is 0 Å². The van der Waals surface area contributed by atoms with Crippen molar-refractivity contribution in [3.63, 3.8) is 0 Å². The molecule has 5 nitrogen and oxygen atoms in total. The van der Waals surface area contributed by atoms with Crippen molar-refractivity contribution in [1.29, 1.82) is 0 Å². The van der Waals surface area contributed by atoms with E-state index >= 15 is 0 Å². The monoisotopic (exact) mass is 406 g/mol. The summed E-state index contributed by atoms with van der Waals surface area (Å²) in [5.74, 6) is 1.28.